The first-order valence-electron chi connectivity index (χ1n) is 8.21. The van der Waals surface area contributed by atoms with Crippen LogP contribution in [0.25, 0.3) is 11.0 Å². The Balaban J connectivity index is 1.55. The van der Waals surface area contributed by atoms with Crippen molar-refractivity contribution < 1.29 is 4.74 Å². The molecule has 0 bridgehead atoms. The Morgan fingerprint density at radius 3 is 2.71 bits per heavy atom. The zero-order chi connectivity index (χ0) is 16.9. The van der Waals surface area contributed by atoms with E-state index >= 15 is 0 Å². The molecule has 0 unspecified atom stereocenters. The quantitative estimate of drug-likeness (QED) is 0.499. The lowest BCUT2D eigenvalue weighted by Gasteiger charge is -2.10. The van der Waals surface area contributed by atoms with Gasteiger partial charge in [0.25, 0.3) is 0 Å². The molecule has 0 atom stereocenters. The Morgan fingerprint density at radius 1 is 1.08 bits per heavy atom. The van der Waals surface area contributed by atoms with Crippen LogP contribution in [0, 0.1) is 0 Å². The van der Waals surface area contributed by atoms with E-state index in [1.807, 2.05) is 12.1 Å². The molecule has 3 aromatic rings. The highest BCUT2D eigenvalue weighted by molar-refractivity contribution is 6.35. The summed E-state index contributed by atoms with van der Waals surface area (Å²) in [5, 5.41) is 1.17. The third-order valence-corrected chi connectivity index (χ3v) is 4.51. The third kappa shape index (κ3) is 3.85. The van der Waals surface area contributed by atoms with Crippen molar-refractivity contribution in [3.8, 4) is 5.75 Å². The highest BCUT2D eigenvalue weighted by Gasteiger charge is 2.08. The molecule has 1 heterocycles. The lowest BCUT2D eigenvalue weighted by Crippen LogP contribution is -2.05. The van der Waals surface area contributed by atoms with Gasteiger partial charge in [0.2, 0.25) is 0 Å². The normalized spacial score (nSPS) is 11.1. The number of rotatable bonds is 7. The summed E-state index contributed by atoms with van der Waals surface area (Å²) >= 11 is 12.0. The summed E-state index contributed by atoms with van der Waals surface area (Å²) in [6.45, 7) is 3.72. The van der Waals surface area contributed by atoms with Crippen LogP contribution in [0.3, 0.4) is 0 Å². The minimum Gasteiger partial charge on any atom is -0.492 e. The second kappa shape index (κ2) is 7.91. The van der Waals surface area contributed by atoms with E-state index in [2.05, 4.69) is 29.7 Å². The number of ether oxygens (including phenoxy) is 1. The maximum absolute atomic E-state index is 6.11. The monoisotopic (exact) mass is 362 g/mol. The molecule has 126 valence electrons. The van der Waals surface area contributed by atoms with E-state index in [1.54, 1.807) is 12.1 Å². The number of nitrogens with zero attached hydrogens (tertiary/aromatic N) is 2. The number of hydrogen-bond acceptors (Lipinski definition) is 2. The van der Waals surface area contributed by atoms with Gasteiger partial charge in [0.05, 0.1) is 22.7 Å². The van der Waals surface area contributed by atoms with E-state index in [1.165, 1.54) is 5.52 Å². The van der Waals surface area contributed by atoms with Crippen molar-refractivity contribution in [1.29, 1.82) is 0 Å². The molecule has 0 radical (unpaired) electrons. The summed E-state index contributed by atoms with van der Waals surface area (Å²) in [7, 11) is 0. The Hall–Kier alpha value is -1.71. The summed E-state index contributed by atoms with van der Waals surface area (Å²) in [4.78, 5) is 4.70. The first-order valence-corrected chi connectivity index (χ1v) is 8.96. The Morgan fingerprint density at radius 2 is 1.92 bits per heavy atom. The summed E-state index contributed by atoms with van der Waals surface area (Å²) in [5.74, 6) is 1.82. The number of hydrogen-bond donors (Lipinski definition) is 0. The molecule has 3 rings (SSSR count). The molecule has 0 aliphatic rings. The van der Waals surface area contributed by atoms with E-state index in [0.717, 1.165) is 37.1 Å². The van der Waals surface area contributed by atoms with Gasteiger partial charge in [-0.25, -0.2) is 4.98 Å². The molecule has 24 heavy (non-hydrogen) atoms. The first kappa shape index (κ1) is 17.1. The van der Waals surface area contributed by atoms with Gasteiger partial charge in [-0.05, 0) is 43.2 Å². The summed E-state index contributed by atoms with van der Waals surface area (Å²) in [6.07, 6.45) is 2.92. The van der Waals surface area contributed by atoms with Gasteiger partial charge in [-0.15, -0.1) is 0 Å². The van der Waals surface area contributed by atoms with Gasteiger partial charge < -0.3 is 9.30 Å². The first-order chi connectivity index (χ1) is 11.7. The molecule has 2 aromatic carbocycles. The Bertz CT molecular complexity index is 829. The number of para-hydroxylation sites is 2. The molecule has 5 heteroatoms. The highest BCUT2D eigenvalue weighted by atomic mass is 35.5. The van der Waals surface area contributed by atoms with Gasteiger partial charge in [-0.2, -0.15) is 0 Å². The standard InChI is InChI=1S/C19H20Cl2N2O/c1-2-19-22-16-7-3-4-8-17(16)23(19)11-5-6-12-24-18-10-9-14(20)13-15(18)21/h3-4,7-10,13H,2,5-6,11-12H2,1H3. The molecule has 0 fully saturated rings. The van der Waals surface area contributed by atoms with E-state index in [4.69, 9.17) is 32.9 Å². The van der Waals surface area contributed by atoms with Crippen molar-refractivity contribution in [3.05, 3.63) is 58.3 Å². The largest absolute Gasteiger partial charge is 0.492 e. The number of unbranched alkanes of at least 4 members (excludes halogenated alkanes) is 1. The lowest BCUT2D eigenvalue weighted by molar-refractivity contribution is 0.303. The summed E-state index contributed by atoms with van der Waals surface area (Å²) in [5.41, 5.74) is 2.27. The van der Waals surface area contributed by atoms with Crippen molar-refractivity contribution in [2.24, 2.45) is 0 Å². The van der Waals surface area contributed by atoms with Crippen LogP contribution in [0.5, 0.6) is 5.75 Å². The third-order valence-electron chi connectivity index (χ3n) is 3.98. The van der Waals surface area contributed by atoms with E-state index < -0.39 is 0 Å². The van der Waals surface area contributed by atoms with Crippen LogP contribution in [0.15, 0.2) is 42.5 Å². The molecule has 0 N–H and O–H groups in total. The average molecular weight is 363 g/mol. The molecule has 0 saturated carbocycles. The molecule has 0 amide bonds. The molecular weight excluding hydrogens is 343 g/mol. The molecule has 0 spiro atoms. The van der Waals surface area contributed by atoms with Crippen LogP contribution in [-0.4, -0.2) is 16.2 Å². The van der Waals surface area contributed by atoms with E-state index in [0.29, 0.717) is 22.4 Å². The van der Waals surface area contributed by atoms with Gasteiger partial charge in [0.1, 0.15) is 11.6 Å². The number of fused-ring (bicyclic) bond motifs is 1. The number of imidazole rings is 1. The Labute approximate surface area is 152 Å². The van der Waals surface area contributed by atoms with Crippen LogP contribution in [0.4, 0.5) is 0 Å². The van der Waals surface area contributed by atoms with E-state index in [-0.39, 0.29) is 0 Å². The molecule has 1 aromatic heterocycles. The summed E-state index contributed by atoms with van der Waals surface area (Å²) < 4.78 is 8.05. The van der Waals surface area contributed by atoms with E-state index in [9.17, 15) is 0 Å². The number of aryl methyl sites for hydroxylation is 2. The Kier molecular flexibility index (Phi) is 5.64. The number of halogens is 2. The molecule has 3 nitrogen and oxygen atoms in total. The molecule has 0 aliphatic carbocycles. The molecule has 0 saturated heterocycles. The van der Waals surface area contributed by atoms with Crippen molar-refractivity contribution >= 4 is 34.2 Å². The zero-order valence-corrected chi connectivity index (χ0v) is 15.1. The topological polar surface area (TPSA) is 27.1 Å². The van der Waals surface area contributed by atoms with Crippen LogP contribution in [0.1, 0.15) is 25.6 Å². The maximum Gasteiger partial charge on any atom is 0.137 e. The van der Waals surface area contributed by atoms with Crippen LogP contribution in [0.2, 0.25) is 10.0 Å². The number of aromatic nitrogens is 2. The van der Waals surface area contributed by atoms with Gasteiger partial charge in [-0.3, -0.25) is 0 Å². The molecular formula is C19H20Cl2N2O. The fraction of sp³-hybridized carbons (Fsp3) is 0.316. The zero-order valence-electron chi connectivity index (χ0n) is 13.6. The van der Waals surface area contributed by atoms with Gasteiger partial charge in [0.15, 0.2) is 0 Å². The van der Waals surface area contributed by atoms with Crippen LogP contribution >= 0.6 is 23.2 Å². The minimum absolute atomic E-state index is 0.552. The summed E-state index contributed by atoms with van der Waals surface area (Å²) in [6, 6.07) is 13.6. The van der Waals surface area contributed by atoms with Gasteiger partial charge >= 0.3 is 0 Å². The fourth-order valence-corrected chi connectivity index (χ4v) is 3.25. The lowest BCUT2D eigenvalue weighted by atomic mass is 10.3. The fourth-order valence-electron chi connectivity index (χ4n) is 2.79. The second-order valence-corrected chi connectivity index (χ2v) is 6.50. The van der Waals surface area contributed by atoms with Gasteiger partial charge in [0, 0.05) is 18.0 Å². The predicted molar refractivity (Wildman–Crippen MR) is 100 cm³/mol. The van der Waals surface area contributed by atoms with Crippen molar-refractivity contribution in [2.45, 2.75) is 32.7 Å². The van der Waals surface area contributed by atoms with Crippen molar-refractivity contribution in [1.82, 2.24) is 9.55 Å². The van der Waals surface area contributed by atoms with Gasteiger partial charge in [-0.1, -0.05) is 42.3 Å². The van der Waals surface area contributed by atoms with Crippen LogP contribution < -0.4 is 4.74 Å². The van der Waals surface area contributed by atoms with Crippen molar-refractivity contribution in [2.75, 3.05) is 6.61 Å². The minimum atomic E-state index is 0.552. The smallest absolute Gasteiger partial charge is 0.137 e. The average Bonchev–Trinajstić information content (AvgIpc) is 2.94. The SMILES string of the molecule is CCc1nc2ccccc2n1CCCCOc1ccc(Cl)cc1Cl. The van der Waals surface area contributed by atoms with Crippen LogP contribution in [-0.2, 0) is 13.0 Å². The highest BCUT2D eigenvalue weighted by Crippen LogP contribution is 2.27. The maximum atomic E-state index is 6.11. The second-order valence-electron chi connectivity index (χ2n) is 5.65. The number of benzene rings is 2. The van der Waals surface area contributed by atoms with Crippen molar-refractivity contribution in [3.63, 3.8) is 0 Å². The molecule has 0 aliphatic heterocycles. The predicted octanol–water partition coefficient (Wildman–Crippen LogP) is 5.76.